The molecule has 3 N–H and O–H groups in total. The molecule has 1 amide bonds. The highest BCUT2D eigenvalue weighted by Crippen LogP contribution is 2.22. The number of hydrogen-bond acceptors (Lipinski definition) is 6. The van der Waals surface area contributed by atoms with E-state index in [0.717, 1.165) is 13.1 Å². The number of nitrogens with two attached hydrogens (primary N) is 1. The number of nitro benzene ring substituents is 1. The first kappa shape index (κ1) is 15.2. The van der Waals surface area contributed by atoms with Gasteiger partial charge in [0.25, 0.3) is 11.6 Å². The van der Waals surface area contributed by atoms with E-state index in [9.17, 15) is 14.9 Å². The maximum Gasteiger partial charge on any atom is 0.292 e. The van der Waals surface area contributed by atoms with Crippen molar-refractivity contribution in [2.45, 2.75) is 6.10 Å². The Morgan fingerprint density at radius 2 is 2.38 bits per heavy atom. The maximum absolute atomic E-state index is 12.0. The lowest BCUT2D eigenvalue weighted by Gasteiger charge is -2.30. The summed E-state index contributed by atoms with van der Waals surface area (Å²) < 4.78 is 5.53. The molecule has 1 heterocycles. The number of nitrogens with zero attached hydrogens (tertiary/aromatic N) is 2. The molecule has 1 aromatic rings. The molecule has 1 aromatic carbocycles. The second kappa shape index (κ2) is 6.51. The molecule has 0 bridgehead atoms. The van der Waals surface area contributed by atoms with Gasteiger partial charge >= 0.3 is 0 Å². The molecule has 0 aliphatic carbocycles. The number of hydrogen-bond donors (Lipinski definition) is 2. The number of nitro groups is 1. The van der Waals surface area contributed by atoms with Crippen molar-refractivity contribution >= 4 is 17.3 Å². The summed E-state index contributed by atoms with van der Waals surface area (Å²) >= 11 is 0. The lowest BCUT2D eigenvalue weighted by atomic mass is 10.1. The second-order valence-electron chi connectivity index (χ2n) is 5.00. The first-order chi connectivity index (χ1) is 9.97. The summed E-state index contributed by atoms with van der Waals surface area (Å²) in [6.07, 6.45) is -0.0727. The highest BCUT2D eigenvalue weighted by molar-refractivity contribution is 5.95. The highest BCUT2D eigenvalue weighted by atomic mass is 16.6. The van der Waals surface area contributed by atoms with Crippen molar-refractivity contribution in [3.05, 3.63) is 33.9 Å². The molecular formula is C13H18N4O4. The zero-order valence-corrected chi connectivity index (χ0v) is 11.7. The average molecular weight is 294 g/mol. The average Bonchev–Trinajstić information content (AvgIpc) is 2.45. The number of rotatable bonds is 4. The van der Waals surface area contributed by atoms with E-state index < -0.39 is 4.92 Å². The van der Waals surface area contributed by atoms with Crippen molar-refractivity contribution in [2.24, 2.45) is 0 Å². The van der Waals surface area contributed by atoms with E-state index in [1.54, 1.807) is 0 Å². The smallest absolute Gasteiger partial charge is 0.292 e. The van der Waals surface area contributed by atoms with E-state index in [4.69, 9.17) is 10.5 Å². The second-order valence-corrected chi connectivity index (χ2v) is 5.00. The van der Waals surface area contributed by atoms with Gasteiger partial charge < -0.3 is 20.7 Å². The highest BCUT2D eigenvalue weighted by Gasteiger charge is 2.20. The van der Waals surface area contributed by atoms with Gasteiger partial charge in [-0.3, -0.25) is 14.9 Å². The first-order valence-corrected chi connectivity index (χ1v) is 6.59. The molecule has 8 nitrogen and oxygen atoms in total. The lowest BCUT2D eigenvalue weighted by molar-refractivity contribution is -0.383. The van der Waals surface area contributed by atoms with Gasteiger partial charge in [-0.1, -0.05) is 0 Å². The molecule has 0 radical (unpaired) electrons. The first-order valence-electron chi connectivity index (χ1n) is 6.59. The topological polar surface area (TPSA) is 111 Å². The zero-order valence-electron chi connectivity index (χ0n) is 11.7. The van der Waals surface area contributed by atoms with E-state index >= 15 is 0 Å². The van der Waals surface area contributed by atoms with E-state index in [1.807, 2.05) is 7.05 Å². The van der Waals surface area contributed by atoms with Crippen LogP contribution in [-0.4, -0.2) is 55.1 Å². The van der Waals surface area contributed by atoms with Crippen molar-refractivity contribution in [3.63, 3.8) is 0 Å². The molecule has 114 valence electrons. The monoisotopic (exact) mass is 294 g/mol. The summed E-state index contributed by atoms with van der Waals surface area (Å²) in [5.41, 5.74) is 5.47. The summed E-state index contributed by atoms with van der Waals surface area (Å²) in [4.78, 5) is 24.3. The number of carbonyl (C=O) groups is 1. The minimum absolute atomic E-state index is 0.0359. The molecule has 0 aromatic heterocycles. The standard InChI is InChI=1S/C13H18N4O4/c1-16-4-5-21-10(8-16)7-15-13(18)9-2-3-11(14)12(6-9)17(19)20/h2-3,6,10H,4-5,7-8,14H2,1H3,(H,15,18). The molecule has 21 heavy (non-hydrogen) atoms. The fourth-order valence-electron chi connectivity index (χ4n) is 2.14. The van der Waals surface area contributed by atoms with Crippen LogP contribution in [0.5, 0.6) is 0 Å². The Balaban J connectivity index is 1.97. The van der Waals surface area contributed by atoms with Gasteiger partial charge in [-0.25, -0.2) is 0 Å². The van der Waals surface area contributed by atoms with Crippen molar-refractivity contribution in [3.8, 4) is 0 Å². The van der Waals surface area contributed by atoms with E-state index in [0.29, 0.717) is 13.2 Å². The van der Waals surface area contributed by atoms with Crippen molar-refractivity contribution in [1.82, 2.24) is 10.2 Å². The maximum atomic E-state index is 12.0. The third kappa shape index (κ3) is 3.89. The number of benzene rings is 1. The Labute approximate surface area is 122 Å². The van der Waals surface area contributed by atoms with E-state index in [-0.39, 0.29) is 28.9 Å². The van der Waals surface area contributed by atoms with Crippen LogP contribution in [0.15, 0.2) is 18.2 Å². The SMILES string of the molecule is CN1CCOC(CNC(=O)c2ccc(N)c([N+](=O)[O-])c2)C1. The Kier molecular flexibility index (Phi) is 4.71. The minimum atomic E-state index is -0.606. The number of anilines is 1. The number of nitrogen functional groups attached to an aromatic ring is 1. The number of morpholine rings is 1. The third-order valence-electron chi connectivity index (χ3n) is 3.32. The van der Waals surface area contributed by atoms with E-state index in [2.05, 4.69) is 10.2 Å². The molecule has 8 heteroatoms. The third-order valence-corrected chi connectivity index (χ3v) is 3.32. The van der Waals surface area contributed by atoms with Gasteiger partial charge in [0.1, 0.15) is 5.69 Å². The van der Waals surface area contributed by atoms with Crippen molar-refractivity contribution in [1.29, 1.82) is 0 Å². The molecule has 2 rings (SSSR count). The molecular weight excluding hydrogens is 276 g/mol. The number of amides is 1. The van der Waals surface area contributed by atoms with Gasteiger partial charge in [-0.2, -0.15) is 0 Å². The molecule has 0 spiro atoms. The molecule has 1 aliphatic heterocycles. The quantitative estimate of drug-likeness (QED) is 0.467. The molecule has 1 saturated heterocycles. The molecule has 1 atom stereocenters. The normalized spacial score (nSPS) is 19.2. The Hall–Kier alpha value is -2.19. The molecule has 0 saturated carbocycles. The summed E-state index contributed by atoms with van der Waals surface area (Å²) in [6, 6.07) is 4.00. The van der Waals surface area contributed by atoms with Gasteiger partial charge in [0.05, 0.1) is 17.6 Å². The van der Waals surface area contributed by atoms with Crippen LogP contribution in [0.1, 0.15) is 10.4 Å². The van der Waals surface area contributed by atoms with Crippen molar-refractivity contribution in [2.75, 3.05) is 39.0 Å². The Bertz CT molecular complexity index is 549. The van der Waals surface area contributed by atoms with Crippen LogP contribution in [0.3, 0.4) is 0 Å². The fourth-order valence-corrected chi connectivity index (χ4v) is 2.14. The van der Waals surface area contributed by atoms with Crippen molar-refractivity contribution < 1.29 is 14.5 Å². The van der Waals surface area contributed by atoms with Crippen LogP contribution in [0.25, 0.3) is 0 Å². The van der Waals surface area contributed by atoms with Crippen LogP contribution in [-0.2, 0) is 4.74 Å². The van der Waals surface area contributed by atoms with Crippen LogP contribution >= 0.6 is 0 Å². The number of likely N-dealkylation sites (N-methyl/N-ethyl adjacent to an activating group) is 1. The van der Waals surface area contributed by atoms with Gasteiger partial charge in [0, 0.05) is 31.3 Å². The van der Waals surface area contributed by atoms with Gasteiger partial charge in [0.15, 0.2) is 0 Å². The largest absolute Gasteiger partial charge is 0.393 e. The predicted octanol–water partition coefficient (Wildman–Crippen LogP) is 0.237. The molecule has 1 unspecified atom stereocenters. The zero-order chi connectivity index (χ0) is 15.4. The summed E-state index contributed by atoms with van der Waals surface area (Å²) in [6.45, 7) is 2.60. The number of ether oxygens (including phenoxy) is 1. The predicted molar refractivity (Wildman–Crippen MR) is 77.1 cm³/mol. The van der Waals surface area contributed by atoms with Gasteiger partial charge in [-0.15, -0.1) is 0 Å². The fraction of sp³-hybridized carbons (Fsp3) is 0.462. The Morgan fingerprint density at radius 3 is 3.05 bits per heavy atom. The van der Waals surface area contributed by atoms with Crippen LogP contribution in [0.2, 0.25) is 0 Å². The van der Waals surface area contributed by atoms with E-state index in [1.165, 1.54) is 18.2 Å². The van der Waals surface area contributed by atoms with Crippen LogP contribution < -0.4 is 11.1 Å². The molecule has 1 fully saturated rings. The summed E-state index contributed by atoms with van der Waals surface area (Å²) in [5, 5.41) is 13.5. The van der Waals surface area contributed by atoms with Crippen LogP contribution in [0, 0.1) is 10.1 Å². The van der Waals surface area contributed by atoms with Gasteiger partial charge in [0.2, 0.25) is 0 Å². The lowest BCUT2D eigenvalue weighted by Crippen LogP contribution is -2.45. The number of nitrogens with one attached hydrogen (secondary N) is 1. The summed E-state index contributed by atoms with van der Waals surface area (Å²) in [7, 11) is 1.99. The summed E-state index contributed by atoms with van der Waals surface area (Å²) in [5.74, 6) is -0.380. The minimum Gasteiger partial charge on any atom is -0.393 e. The van der Waals surface area contributed by atoms with Crippen LogP contribution in [0.4, 0.5) is 11.4 Å². The molecule has 1 aliphatic rings. The van der Waals surface area contributed by atoms with Gasteiger partial charge in [-0.05, 0) is 19.2 Å². The number of carbonyl (C=O) groups excluding carboxylic acids is 1. The Morgan fingerprint density at radius 1 is 1.62 bits per heavy atom.